The van der Waals surface area contributed by atoms with E-state index in [0.29, 0.717) is 5.56 Å². The lowest BCUT2D eigenvalue weighted by atomic mass is 10.1. The molecule has 0 spiro atoms. The van der Waals surface area contributed by atoms with Crippen LogP contribution >= 0.6 is 11.8 Å². The predicted octanol–water partition coefficient (Wildman–Crippen LogP) is 1.99. The van der Waals surface area contributed by atoms with E-state index in [2.05, 4.69) is 11.1 Å². The molecule has 0 N–H and O–H groups in total. The third-order valence-corrected chi connectivity index (χ3v) is 3.02. The van der Waals surface area contributed by atoms with Crippen LogP contribution in [0.15, 0.2) is 17.3 Å². The SMILES string of the molecule is N#Cc1cnc2c(c1)CCCS2. The topological polar surface area (TPSA) is 36.7 Å². The molecule has 0 unspecified atom stereocenters. The molecule has 0 amide bonds. The van der Waals surface area contributed by atoms with Gasteiger partial charge in [0.25, 0.3) is 0 Å². The summed E-state index contributed by atoms with van der Waals surface area (Å²) in [5.41, 5.74) is 1.92. The van der Waals surface area contributed by atoms with E-state index >= 15 is 0 Å². The Morgan fingerprint density at radius 3 is 3.33 bits per heavy atom. The zero-order valence-electron chi connectivity index (χ0n) is 6.58. The van der Waals surface area contributed by atoms with E-state index in [1.165, 1.54) is 12.0 Å². The normalized spacial score (nSPS) is 14.9. The van der Waals surface area contributed by atoms with Gasteiger partial charge < -0.3 is 0 Å². The first-order valence-corrected chi connectivity index (χ1v) is 4.90. The predicted molar refractivity (Wildman–Crippen MR) is 48.0 cm³/mol. The Hall–Kier alpha value is -1.01. The van der Waals surface area contributed by atoms with E-state index < -0.39 is 0 Å². The van der Waals surface area contributed by atoms with Gasteiger partial charge in [-0.3, -0.25) is 0 Å². The lowest BCUT2D eigenvalue weighted by molar-refractivity contribution is 0.856. The molecule has 1 aromatic rings. The minimum atomic E-state index is 0.677. The molecular weight excluding hydrogens is 168 g/mol. The molecule has 0 fully saturated rings. The summed E-state index contributed by atoms with van der Waals surface area (Å²) in [5.74, 6) is 1.16. The van der Waals surface area contributed by atoms with Gasteiger partial charge in [-0.05, 0) is 30.2 Å². The first-order valence-electron chi connectivity index (χ1n) is 3.92. The van der Waals surface area contributed by atoms with Crippen molar-refractivity contribution >= 4 is 11.8 Å². The van der Waals surface area contributed by atoms with E-state index in [1.54, 1.807) is 18.0 Å². The summed E-state index contributed by atoms with van der Waals surface area (Å²) in [6.45, 7) is 0. The van der Waals surface area contributed by atoms with Crippen molar-refractivity contribution in [1.29, 1.82) is 5.26 Å². The highest BCUT2D eigenvalue weighted by Crippen LogP contribution is 2.27. The Morgan fingerprint density at radius 2 is 2.50 bits per heavy atom. The number of aromatic nitrogens is 1. The first-order chi connectivity index (χ1) is 5.90. The summed E-state index contributed by atoms with van der Waals surface area (Å²) in [5, 5.41) is 9.75. The molecule has 2 heterocycles. The minimum Gasteiger partial charge on any atom is -0.248 e. The third kappa shape index (κ3) is 1.30. The summed E-state index contributed by atoms with van der Waals surface area (Å²) in [6.07, 6.45) is 3.93. The van der Waals surface area contributed by atoms with Crippen molar-refractivity contribution in [2.24, 2.45) is 0 Å². The van der Waals surface area contributed by atoms with Crippen molar-refractivity contribution < 1.29 is 0 Å². The fourth-order valence-electron chi connectivity index (χ4n) is 1.30. The van der Waals surface area contributed by atoms with E-state index in [1.807, 2.05) is 6.07 Å². The molecule has 0 aliphatic carbocycles. The van der Waals surface area contributed by atoms with Crippen molar-refractivity contribution in [2.75, 3.05) is 5.75 Å². The van der Waals surface area contributed by atoms with Crippen molar-refractivity contribution in [1.82, 2.24) is 4.98 Å². The summed E-state index contributed by atoms with van der Waals surface area (Å²) in [4.78, 5) is 4.23. The molecule has 3 heteroatoms. The maximum absolute atomic E-state index is 8.64. The Labute approximate surface area is 75.6 Å². The van der Waals surface area contributed by atoms with Crippen molar-refractivity contribution in [2.45, 2.75) is 17.9 Å². The van der Waals surface area contributed by atoms with Gasteiger partial charge in [0.2, 0.25) is 0 Å². The molecule has 0 aromatic carbocycles. The van der Waals surface area contributed by atoms with Crippen LogP contribution in [-0.4, -0.2) is 10.7 Å². The second-order valence-corrected chi connectivity index (χ2v) is 3.84. The van der Waals surface area contributed by atoms with Gasteiger partial charge in [-0.25, -0.2) is 4.98 Å². The maximum atomic E-state index is 8.64. The van der Waals surface area contributed by atoms with Crippen LogP contribution < -0.4 is 0 Å². The second-order valence-electron chi connectivity index (χ2n) is 2.75. The van der Waals surface area contributed by atoms with Gasteiger partial charge >= 0.3 is 0 Å². The van der Waals surface area contributed by atoms with E-state index in [9.17, 15) is 0 Å². The molecule has 0 bridgehead atoms. The summed E-state index contributed by atoms with van der Waals surface area (Å²) < 4.78 is 0. The molecule has 60 valence electrons. The number of thioether (sulfide) groups is 1. The van der Waals surface area contributed by atoms with Crippen LogP contribution in [0.4, 0.5) is 0 Å². The molecule has 12 heavy (non-hydrogen) atoms. The number of rotatable bonds is 0. The standard InChI is InChI=1S/C9H8N2S/c10-5-7-4-8-2-1-3-12-9(8)11-6-7/h4,6H,1-3H2. The fourth-order valence-corrected chi connectivity index (χ4v) is 2.26. The van der Waals surface area contributed by atoms with E-state index in [-0.39, 0.29) is 0 Å². The van der Waals surface area contributed by atoms with Crippen LogP contribution in [0.25, 0.3) is 0 Å². The smallest absolute Gasteiger partial charge is 0.101 e. The molecular formula is C9H8N2S. The molecule has 0 atom stereocenters. The number of hydrogen-bond donors (Lipinski definition) is 0. The van der Waals surface area contributed by atoms with Gasteiger partial charge in [0.1, 0.15) is 6.07 Å². The number of pyridine rings is 1. The molecule has 2 rings (SSSR count). The highest BCUT2D eigenvalue weighted by Gasteiger charge is 2.10. The third-order valence-electron chi connectivity index (χ3n) is 1.88. The van der Waals surface area contributed by atoms with Crippen LogP contribution in [0, 0.1) is 11.3 Å². The Bertz CT molecular complexity index is 341. The van der Waals surface area contributed by atoms with Crippen LogP contribution in [-0.2, 0) is 6.42 Å². The maximum Gasteiger partial charge on any atom is 0.101 e. The largest absolute Gasteiger partial charge is 0.248 e. The number of aryl methyl sites for hydroxylation is 1. The monoisotopic (exact) mass is 176 g/mol. The van der Waals surface area contributed by atoms with Crippen molar-refractivity contribution in [3.05, 3.63) is 23.4 Å². The number of fused-ring (bicyclic) bond motifs is 1. The molecule has 0 radical (unpaired) electrons. The van der Waals surface area contributed by atoms with Gasteiger partial charge in [-0.1, -0.05) is 0 Å². The number of nitriles is 1. The summed E-state index contributed by atoms with van der Waals surface area (Å²) in [6, 6.07) is 4.06. The fraction of sp³-hybridized carbons (Fsp3) is 0.333. The molecule has 1 aliphatic rings. The Kier molecular flexibility index (Phi) is 2.01. The highest BCUT2D eigenvalue weighted by atomic mass is 32.2. The first kappa shape index (κ1) is 7.63. The molecule has 0 saturated heterocycles. The van der Waals surface area contributed by atoms with Gasteiger partial charge in [0.15, 0.2) is 0 Å². The number of hydrogen-bond acceptors (Lipinski definition) is 3. The molecule has 1 aromatic heterocycles. The number of nitrogens with zero attached hydrogens (tertiary/aromatic N) is 2. The lowest BCUT2D eigenvalue weighted by Crippen LogP contribution is -2.00. The molecule has 2 nitrogen and oxygen atoms in total. The average Bonchev–Trinajstić information content (AvgIpc) is 2.17. The zero-order valence-corrected chi connectivity index (χ0v) is 7.40. The molecule has 0 saturated carbocycles. The van der Waals surface area contributed by atoms with Crippen molar-refractivity contribution in [3.8, 4) is 6.07 Å². The summed E-state index contributed by atoms with van der Waals surface area (Å²) >= 11 is 1.79. The van der Waals surface area contributed by atoms with Crippen LogP contribution in [0.2, 0.25) is 0 Å². The second kappa shape index (κ2) is 3.16. The Balaban J connectivity index is 2.44. The zero-order chi connectivity index (χ0) is 8.39. The lowest BCUT2D eigenvalue weighted by Gasteiger charge is -2.12. The van der Waals surface area contributed by atoms with Crippen LogP contribution in [0.5, 0.6) is 0 Å². The van der Waals surface area contributed by atoms with Gasteiger partial charge in [0, 0.05) is 6.20 Å². The van der Waals surface area contributed by atoms with E-state index in [0.717, 1.165) is 17.2 Å². The quantitative estimate of drug-likeness (QED) is 0.606. The summed E-state index contributed by atoms with van der Waals surface area (Å²) in [7, 11) is 0. The Morgan fingerprint density at radius 1 is 1.58 bits per heavy atom. The van der Waals surface area contributed by atoms with Crippen LogP contribution in [0.3, 0.4) is 0 Å². The highest BCUT2D eigenvalue weighted by molar-refractivity contribution is 7.99. The van der Waals surface area contributed by atoms with E-state index in [4.69, 9.17) is 5.26 Å². The average molecular weight is 176 g/mol. The minimum absolute atomic E-state index is 0.677. The van der Waals surface area contributed by atoms with Crippen LogP contribution in [0.1, 0.15) is 17.5 Å². The molecule has 1 aliphatic heterocycles. The van der Waals surface area contributed by atoms with Gasteiger partial charge in [-0.2, -0.15) is 5.26 Å². The van der Waals surface area contributed by atoms with Gasteiger partial charge in [0.05, 0.1) is 10.6 Å². The van der Waals surface area contributed by atoms with Gasteiger partial charge in [-0.15, -0.1) is 11.8 Å². The van der Waals surface area contributed by atoms with Crippen molar-refractivity contribution in [3.63, 3.8) is 0 Å².